The van der Waals surface area contributed by atoms with Crippen molar-refractivity contribution >= 4 is 39.1 Å². The molecular formula is C29H33ClFN3O4S. The third-order valence-electron chi connectivity index (χ3n) is 6.47. The first-order valence-electron chi connectivity index (χ1n) is 12.6. The summed E-state index contributed by atoms with van der Waals surface area (Å²) < 4.78 is 43.2. The monoisotopic (exact) mass is 573 g/mol. The van der Waals surface area contributed by atoms with Crippen molar-refractivity contribution in [3.63, 3.8) is 0 Å². The predicted octanol–water partition coefficient (Wildman–Crippen LogP) is 5.23. The van der Waals surface area contributed by atoms with Crippen LogP contribution in [0.2, 0.25) is 5.02 Å². The molecule has 0 aromatic heterocycles. The summed E-state index contributed by atoms with van der Waals surface area (Å²) in [5.74, 6) is -1.61. The maximum atomic E-state index is 14.6. The fraction of sp³-hybridized carbons (Fsp3) is 0.310. The quantitative estimate of drug-likeness (QED) is 0.340. The molecule has 39 heavy (non-hydrogen) atoms. The molecule has 208 valence electrons. The number of sulfonamides is 1. The van der Waals surface area contributed by atoms with Crippen LogP contribution in [0.25, 0.3) is 0 Å². The second-order valence-electron chi connectivity index (χ2n) is 9.31. The lowest BCUT2D eigenvalue weighted by atomic mass is 10.1. The smallest absolute Gasteiger partial charge is 0.264 e. The van der Waals surface area contributed by atoms with E-state index in [0.29, 0.717) is 18.0 Å². The lowest BCUT2D eigenvalue weighted by molar-refractivity contribution is -0.139. The summed E-state index contributed by atoms with van der Waals surface area (Å²) in [7, 11) is -4.22. The van der Waals surface area contributed by atoms with E-state index >= 15 is 0 Å². The van der Waals surface area contributed by atoms with Crippen molar-refractivity contribution in [2.24, 2.45) is 0 Å². The number of nitrogens with one attached hydrogen (secondary N) is 1. The minimum atomic E-state index is -4.22. The van der Waals surface area contributed by atoms with Crippen LogP contribution in [0.5, 0.6) is 0 Å². The normalized spacial score (nSPS) is 12.1. The van der Waals surface area contributed by atoms with E-state index in [1.807, 2.05) is 20.8 Å². The largest absolute Gasteiger partial charge is 0.354 e. The van der Waals surface area contributed by atoms with Gasteiger partial charge in [0.1, 0.15) is 18.4 Å². The maximum Gasteiger partial charge on any atom is 0.264 e. The number of amides is 2. The Bertz CT molecular complexity index is 1430. The number of nitrogens with zero attached hydrogens (tertiary/aromatic N) is 2. The number of hydrogen-bond donors (Lipinski definition) is 1. The Morgan fingerprint density at radius 2 is 1.67 bits per heavy atom. The van der Waals surface area contributed by atoms with Crippen molar-refractivity contribution in [1.82, 2.24) is 10.2 Å². The minimum Gasteiger partial charge on any atom is -0.354 e. The zero-order valence-corrected chi connectivity index (χ0v) is 24.0. The molecule has 0 fully saturated rings. The van der Waals surface area contributed by atoms with Gasteiger partial charge in [0.2, 0.25) is 11.8 Å². The van der Waals surface area contributed by atoms with Gasteiger partial charge in [-0.05, 0) is 80.8 Å². The first-order valence-corrected chi connectivity index (χ1v) is 14.4. The molecule has 3 rings (SSSR count). The van der Waals surface area contributed by atoms with Crippen molar-refractivity contribution in [1.29, 1.82) is 0 Å². The molecule has 0 bridgehead atoms. The molecule has 0 heterocycles. The Hall–Kier alpha value is -3.43. The van der Waals surface area contributed by atoms with Crippen molar-refractivity contribution in [3.05, 3.63) is 94.3 Å². The number of benzene rings is 3. The Labute approximate surface area is 234 Å². The van der Waals surface area contributed by atoms with E-state index in [1.165, 1.54) is 54.3 Å². The van der Waals surface area contributed by atoms with E-state index in [0.717, 1.165) is 15.4 Å². The van der Waals surface area contributed by atoms with Gasteiger partial charge in [0, 0.05) is 23.7 Å². The Kier molecular flexibility index (Phi) is 10.1. The number of anilines is 1. The summed E-state index contributed by atoms with van der Waals surface area (Å²) in [5, 5.41) is 3.12. The molecule has 0 aliphatic carbocycles. The molecule has 2 amide bonds. The van der Waals surface area contributed by atoms with Gasteiger partial charge in [-0.25, -0.2) is 12.8 Å². The molecule has 10 heteroatoms. The molecular weight excluding hydrogens is 541 g/mol. The van der Waals surface area contributed by atoms with E-state index in [-0.39, 0.29) is 22.7 Å². The average Bonchev–Trinajstić information content (AvgIpc) is 2.91. The van der Waals surface area contributed by atoms with Crippen LogP contribution in [-0.2, 0) is 26.2 Å². The summed E-state index contributed by atoms with van der Waals surface area (Å²) in [6.45, 7) is 6.77. The third kappa shape index (κ3) is 7.36. The summed E-state index contributed by atoms with van der Waals surface area (Å²) in [6.07, 6.45) is 0.694. The highest BCUT2D eigenvalue weighted by atomic mass is 35.5. The predicted molar refractivity (Wildman–Crippen MR) is 152 cm³/mol. The molecule has 0 aliphatic rings. The zero-order chi connectivity index (χ0) is 28.7. The highest BCUT2D eigenvalue weighted by Crippen LogP contribution is 2.27. The minimum absolute atomic E-state index is 0.0488. The molecule has 1 atom stereocenters. The van der Waals surface area contributed by atoms with Crippen molar-refractivity contribution < 1.29 is 22.4 Å². The molecule has 3 aromatic carbocycles. The summed E-state index contributed by atoms with van der Waals surface area (Å²) in [6, 6.07) is 15.7. The van der Waals surface area contributed by atoms with E-state index in [1.54, 1.807) is 24.3 Å². The molecule has 3 aromatic rings. The van der Waals surface area contributed by atoms with Gasteiger partial charge in [-0.3, -0.25) is 13.9 Å². The second-order valence-corrected chi connectivity index (χ2v) is 11.6. The Balaban J connectivity index is 2.05. The number of carbonyl (C=O) groups excluding carboxylic acids is 2. The topological polar surface area (TPSA) is 86.8 Å². The van der Waals surface area contributed by atoms with Gasteiger partial charge in [0.15, 0.2) is 0 Å². The fourth-order valence-electron chi connectivity index (χ4n) is 3.93. The lowest BCUT2D eigenvalue weighted by Gasteiger charge is -2.32. The molecule has 0 saturated carbocycles. The first-order chi connectivity index (χ1) is 18.4. The highest BCUT2D eigenvalue weighted by Gasteiger charge is 2.33. The number of aryl methyl sites for hydroxylation is 2. The van der Waals surface area contributed by atoms with Crippen molar-refractivity contribution in [2.45, 2.75) is 51.6 Å². The molecule has 0 spiro atoms. The van der Waals surface area contributed by atoms with Crippen LogP contribution >= 0.6 is 11.6 Å². The molecule has 0 radical (unpaired) electrons. The number of carbonyl (C=O) groups is 2. The standard InChI is InChI=1S/C29H33ClFN3O4S/c1-5-16-32-29(36)22(4)33(18-23-8-6-7-9-27(23)31)28(35)19-34(25-13-10-20(2)21(3)17-25)39(37,38)26-14-11-24(30)12-15-26/h6-15,17,22H,5,16,18-19H2,1-4H3,(H,32,36). The summed E-state index contributed by atoms with van der Waals surface area (Å²) in [4.78, 5) is 27.9. The van der Waals surface area contributed by atoms with Gasteiger partial charge >= 0.3 is 0 Å². The Morgan fingerprint density at radius 1 is 1.00 bits per heavy atom. The van der Waals surface area contributed by atoms with Gasteiger partial charge in [-0.1, -0.05) is 42.8 Å². The van der Waals surface area contributed by atoms with Crippen molar-refractivity contribution in [3.8, 4) is 0 Å². The van der Waals surface area contributed by atoms with Gasteiger partial charge in [0.25, 0.3) is 10.0 Å². The SMILES string of the molecule is CCCNC(=O)C(C)N(Cc1ccccc1F)C(=O)CN(c1ccc(C)c(C)c1)S(=O)(=O)c1ccc(Cl)cc1. The lowest BCUT2D eigenvalue weighted by Crippen LogP contribution is -2.51. The molecule has 0 aliphatic heterocycles. The van der Waals surface area contributed by atoms with Crippen LogP contribution in [0.4, 0.5) is 10.1 Å². The first kappa shape index (κ1) is 30.1. The molecule has 1 N–H and O–H groups in total. The van der Waals surface area contributed by atoms with E-state index in [2.05, 4.69) is 5.32 Å². The zero-order valence-electron chi connectivity index (χ0n) is 22.4. The molecule has 1 unspecified atom stereocenters. The number of hydrogen-bond acceptors (Lipinski definition) is 4. The van der Waals surface area contributed by atoms with Gasteiger partial charge in [-0.2, -0.15) is 0 Å². The van der Waals surface area contributed by atoms with E-state index < -0.39 is 40.2 Å². The third-order valence-corrected chi connectivity index (χ3v) is 8.51. The van der Waals surface area contributed by atoms with E-state index in [9.17, 15) is 22.4 Å². The summed E-state index contributed by atoms with van der Waals surface area (Å²) >= 11 is 5.98. The van der Waals surface area contributed by atoms with Crippen LogP contribution in [0.3, 0.4) is 0 Å². The second kappa shape index (κ2) is 13.1. The van der Waals surface area contributed by atoms with Crippen LogP contribution < -0.4 is 9.62 Å². The van der Waals surface area contributed by atoms with Gasteiger partial charge < -0.3 is 10.2 Å². The number of halogens is 2. The van der Waals surface area contributed by atoms with Crippen LogP contribution in [-0.4, -0.2) is 44.3 Å². The number of rotatable bonds is 11. The van der Waals surface area contributed by atoms with Crippen LogP contribution in [0, 0.1) is 19.7 Å². The fourth-order valence-corrected chi connectivity index (χ4v) is 5.46. The van der Waals surface area contributed by atoms with E-state index in [4.69, 9.17) is 11.6 Å². The van der Waals surface area contributed by atoms with Crippen LogP contribution in [0.15, 0.2) is 71.6 Å². The maximum absolute atomic E-state index is 14.6. The van der Waals surface area contributed by atoms with Crippen LogP contribution in [0.1, 0.15) is 37.0 Å². The average molecular weight is 574 g/mol. The molecule has 7 nitrogen and oxygen atoms in total. The van der Waals surface area contributed by atoms with Gasteiger partial charge in [-0.15, -0.1) is 0 Å². The Morgan fingerprint density at radius 3 is 2.28 bits per heavy atom. The molecule has 0 saturated heterocycles. The summed E-state index contributed by atoms with van der Waals surface area (Å²) in [5.41, 5.74) is 2.29. The highest BCUT2D eigenvalue weighted by molar-refractivity contribution is 7.92. The van der Waals surface area contributed by atoms with Crippen molar-refractivity contribution in [2.75, 3.05) is 17.4 Å². The van der Waals surface area contributed by atoms with Gasteiger partial charge in [0.05, 0.1) is 10.6 Å².